The fourth-order valence-electron chi connectivity index (χ4n) is 2.58. The monoisotopic (exact) mass is 377 g/mol. The van der Waals surface area contributed by atoms with Crippen molar-refractivity contribution in [2.45, 2.75) is 19.4 Å². The van der Waals surface area contributed by atoms with Crippen LogP contribution < -0.4 is 10.6 Å². The van der Waals surface area contributed by atoms with E-state index in [1.54, 1.807) is 6.20 Å². The van der Waals surface area contributed by atoms with Crippen LogP contribution in [-0.4, -0.2) is 59.4 Å². The minimum Gasteiger partial charge on any atom is -0.357 e. The van der Waals surface area contributed by atoms with E-state index in [1.165, 1.54) is 0 Å². The Kier molecular flexibility index (Phi) is 7.87. The maximum absolute atomic E-state index is 5.82. The smallest absolute Gasteiger partial charge is 0.191 e. The van der Waals surface area contributed by atoms with Gasteiger partial charge in [-0.3, -0.25) is 9.67 Å². The zero-order chi connectivity index (χ0) is 18.9. The normalized spacial score (nSPS) is 13.1. The van der Waals surface area contributed by atoms with Crippen molar-refractivity contribution in [1.29, 1.82) is 0 Å². The zero-order valence-corrected chi connectivity index (χ0v) is 16.7. The summed E-state index contributed by atoms with van der Waals surface area (Å²) in [6.07, 6.45) is 6.59. The summed E-state index contributed by atoms with van der Waals surface area (Å²) in [7, 11) is 6.04. The van der Waals surface area contributed by atoms with Gasteiger partial charge < -0.3 is 15.5 Å². The molecule has 7 nitrogen and oxygen atoms in total. The van der Waals surface area contributed by atoms with Crippen LogP contribution in [0.5, 0.6) is 0 Å². The summed E-state index contributed by atoms with van der Waals surface area (Å²) in [5.41, 5.74) is 2.30. The number of nitrogens with zero attached hydrogens (tertiary/aromatic N) is 5. The van der Waals surface area contributed by atoms with Crippen LogP contribution >= 0.6 is 11.6 Å². The molecule has 1 unspecified atom stereocenters. The average molecular weight is 378 g/mol. The number of guanidine groups is 1. The Labute approximate surface area is 160 Å². The molecule has 0 saturated carbocycles. The minimum absolute atomic E-state index is 0.180. The van der Waals surface area contributed by atoms with Crippen LogP contribution in [0.25, 0.3) is 0 Å². The van der Waals surface area contributed by atoms with Crippen molar-refractivity contribution < 1.29 is 0 Å². The Hall–Kier alpha value is -2.12. The summed E-state index contributed by atoms with van der Waals surface area (Å²) >= 11 is 5.82. The molecule has 2 aromatic rings. The highest BCUT2D eigenvalue weighted by atomic mass is 35.5. The molecule has 2 rings (SSSR count). The van der Waals surface area contributed by atoms with Crippen LogP contribution in [-0.2, 0) is 13.5 Å². The van der Waals surface area contributed by atoms with Gasteiger partial charge in [-0.2, -0.15) is 5.10 Å². The molecule has 2 heterocycles. The summed E-state index contributed by atoms with van der Waals surface area (Å²) in [6, 6.07) is 3.98. The number of aryl methyl sites for hydroxylation is 1. The SMILES string of the molecule is CCNC(=NCC(c1cnn(C)c1)N(C)C)NCCc1ccc(Cl)nc1. The maximum atomic E-state index is 5.82. The standard InChI is InChI=1S/C18H28ClN7/c1-5-20-18(21-9-8-14-6-7-17(19)22-10-14)23-12-16(25(2)3)15-11-24-26(4)13-15/h6-7,10-11,13,16H,5,8-9,12H2,1-4H3,(H2,20,21,23). The molecule has 2 N–H and O–H groups in total. The third-order valence-corrected chi connectivity index (χ3v) is 4.22. The Balaban J connectivity index is 1.94. The number of hydrogen-bond donors (Lipinski definition) is 2. The van der Waals surface area contributed by atoms with Crippen molar-refractivity contribution in [3.05, 3.63) is 47.0 Å². The van der Waals surface area contributed by atoms with E-state index in [9.17, 15) is 0 Å². The first kappa shape index (κ1) is 20.2. The Bertz CT molecular complexity index is 694. The molecular formula is C18H28ClN7. The molecule has 1 atom stereocenters. The largest absolute Gasteiger partial charge is 0.357 e. The van der Waals surface area contributed by atoms with Crippen molar-refractivity contribution in [2.75, 3.05) is 33.7 Å². The van der Waals surface area contributed by atoms with Crippen molar-refractivity contribution in [1.82, 2.24) is 30.3 Å². The van der Waals surface area contributed by atoms with Gasteiger partial charge in [0.05, 0.1) is 18.8 Å². The summed E-state index contributed by atoms with van der Waals surface area (Å²) < 4.78 is 1.82. The second kappa shape index (κ2) is 10.1. The van der Waals surface area contributed by atoms with Crippen LogP contribution in [0.3, 0.4) is 0 Å². The van der Waals surface area contributed by atoms with E-state index in [1.807, 2.05) is 36.3 Å². The van der Waals surface area contributed by atoms with Crippen LogP contribution in [0, 0.1) is 0 Å². The van der Waals surface area contributed by atoms with Gasteiger partial charge in [0.2, 0.25) is 0 Å². The molecule has 0 aliphatic rings. The number of aromatic nitrogens is 3. The number of pyridine rings is 1. The maximum Gasteiger partial charge on any atom is 0.191 e. The summed E-state index contributed by atoms with van der Waals surface area (Å²) in [5.74, 6) is 0.810. The molecule has 0 spiro atoms. The lowest BCUT2D eigenvalue weighted by atomic mass is 10.1. The second-order valence-corrected chi connectivity index (χ2v) is 6.70. The predicted octanol–water partition coefficient (Wildman–Crippen LogP) is 1.87. The highest BCUT2D eigenvalue weighted by Gasteiger charge is 2.15. The van der Waals surface area contributed by atoms with Crippen molar-refractivity contribution >= 4 is 17.6 Å². The van der Waals surface area contributed by atoms with Gasteiger partial charge in [-0.05, 0) is 39.1 Å². The number of rotatable bonds is 8. The molecule has 0 amide bonds. The molecule has 2 aromatic heterocycles. The molecule has 0 bridgehead atoms. The van der Waals surface area contributed by atoms with E-state index in [0.717, 1.165) is 36.6 Å². The molecular weight excluding hydrogens is 350 g/mol. The number of aliphatic imine (C=N–C) groups is 1. The third kappa shape index (κ3) is 6.31. The summed E-state index contributed by atoms with van der Waals surface area (Å²) in [5, 5.41) is 11.4. The molecule has 0 aliphatic heterocycles. The average Bonchev–Trinajstić information content (AvgIpc) is 3.02. The van der Waals surface area contributed by atoms with Crippen LogP contribution in [0.4, 0.5) is 0 Å². The first-order chi connectivity index (χ1) is 12.5. The lowest BCUT2D eigenvalue weighted by Crippen LogP contribution is -2.39. The lowest BCUT2D eigenvalue weighted by molar-refractivity contribution is 0.306. The Morgan fingerprint density at radius 3 is 2.69 bits per heavy atom. The minimum atomic E-state index is 0.180. The van der Waals surface area contributed by atoms with Gasteiger partial charge in [0.15, 0.2) is 5.96 Å². The van der Waals surface area contributed by atoms with E-state index in [-0.39, 0.29) is 6.04 Å². The molecule has 0 fully saturated rings. The number of hydrogen-bond acceptors (Lipinski definition) is 4. The Morgan fingerprint density at radius 2 is 2.12 bits per heavy atom. The van der Waals surface area contributed by atoms with E-state index >= 15 is 0 Å². The van der Waals surface area contributed by atoms with Crippen molar-refractivity contribution in [3.63, 3.8) is 0 Å². The zero-order valence-electron chi connectivity index (χ0n) is 15.9. The summed E-state index contributed by atoms with van der Waals surface area (Å²) in [4.78, 5) is 11.0. The van der Waals surface area contributed by atoms with Crippen LogP contribution in [0.15, 0.2) is 35.7 Å². The van der Waals surface area contributed by atoms with Crippen LogP contribution in [0.2, 0.25) is 5.15 Å². The van der Waals surface area contributed by atoms with Gasteiger partial charge >= 0.3 is 0 Å². The quantitative estimate of drug-likeness (QED) is 0.417. The number of nitrogens with one attached hydrogen (secondary N) is 2. The van der Waals surface area contributed by atoms with Gasteiger partial charge in [-0.15, -0.1) is 0 Å². The van der Waals surface area contributed by atoms with Gasteiger partial charge in [0, 0.05) is 38.1 Å². The molecule has 0 aliphatic carbocycles. The van der Waals surface area contributed by atoms with E-state index in [0.29, 0.717) is 11.7 Å². The predicted molar refractivity (Wildman–Crippen MR) is 107 cm³/mol. The first-order valence-corrected chi connectivity index (χ1v) is 9.15. The molecule has 0 saturated heterocycles. The number of likely N-dealkylation sites (N-methyl/N-ethyl adjacent to an activating group) is 1. The molecule has 8 heteroatoms. The van der Waals surface area contributed by atoms with Gasteiger partial charge in [-0.25, -0.2) is 4.98 Å². The topological polar surface area (TPSA) is 70.4 Å². The molecule has 142 valence electrons. The highest BCUT2D eigenvalue weighted by molar-refractivity contribution is 6.29. The Morgan fingerprint density at radius 1 is 1.31 bits per heavy atom. The lowest BCUT2D eigenvalue weighted by Gasteiger charge is -2.22. The van der Waals surface area contributed by atoms with E-state index in [2.05, 4.69) is 46.6 Å². The van der Waals surface area contributed by atoms with Crippen molar-refractivity contribution in [2.24, 2.45) is 12.0 Å². The number of halogens is 1. The second-order valence-electron chi connectivity index (χ2n) is 6.31. The van der Waals surface area contributed by atoms with Gasteiger partial charge in [-0.1, -0.05) is 17.7 Å². The van der Waals surface area contributed by atoms with Crippen LogP contribution in [0.1, 0.15) is 24.1 Å². The fourth-order valence-corrected chi connectivity index (χ4v) is 2.69. The van der Waals surface area contributed by atoms with Gasteiger partial charge in [0.1, 0.15) is 5.15 Å². The van der Waals surface area contributed by atoms with E-state index < -0.39 is 0 Å². The third-order valence-electron chi connectivity index (χ3n) is 3.99. The van der Waals surface area contributed by atoms with E-state index in [4.69, 9.17) is 16.6 Å². The van der Waals surface area contributed by atoms with Gasteiger partial charge in [0.25, 0.3) is 0 Å². The molecule has 26 heavy (non-hydrogen) atoms. The summed E-state index contributed by atoms with van der Waals surface area (Å²) in [6.45, 7) is 4.30. The molecule has 0 radical (unpaired) electrons. The molecule has 0 aromatic carbocycles. The van der Waals surface area contributed by atoms with Crippen molar-refractivity contribution in [3.8, 4) is 0 Å². The highest BCUT2D eigenvalue weighted by Crippen LogP contribution is 2.17. The first-order valence-electron chi connectivity index (χ1n) is 8.77. The fraction of sp³-hybridized carbons (Fsp3) is 0.500.